The fourth-order valence-corrected chi connectivity index (χ4v) is 2.63. The third-order valence-electron chi connectivity index (χ3n) is 3.37. The molecule has 130 valence electrons. The minimum absolute atomic E-state index is 0.0372. The molecule has 1 aromatic carbocycles. The summed E-state index contributed by atoms with van der Waals surface area (Å²) in [4.78, 5) is 25.4. The summed E-state index contributed by atoms with van der Waals surface area (Å²) in [5, 5.41) is 8.56. The van der Waals surface area contributed by atoms with E-state index in [0.29, 0.717) is 0 Å². The molecule has 2 rings (SSSR count). The van der Waals surface area contributed by atoms with Gasteiger partial charge in [0.2, 0.25) is 0 Å². The van der Waals surface area contributed by atoms with Gasteiger partial charge in [-0.05, 0) is 31.0 Å². The number of esters is 1. The minimum Gasteiger partial charge on any atom is -0.481 e. The highest BCUT2D eigenvalue weighted by atomic mass is 35.5. The van der Waals surface area contributed by atoms with Crippen molar-refractivity contribution in [1.29, 1.82) is 0 Å². The maximum Gasteiger partial charge on any atom is 0.417 e. The molecule has 0 aliphatic carbocycles. The van der Waals surface area contributed by atoms with Gasteiger partial charge in [-0.15, -0.1) is 0 Å². The molecule has 0 bridgehead atoms. The summed E-state index contributed by atoms with van der Waals surface area (Å²) in [6.07, 6.45) is -5.00. The summed E-state index contributed by atoms with van der Waals surface area (Å²) >= 11 is 5.71. The van der Waals surface area contributed by atoms with Gasteiger partial charge in [0.05, 0.1) is 17.2 Å². The van der Waals surface area contributed by atoms with Crippen LogP contribution in [0.2, 0.25) is 5.02 Å². The first kappa shape index (κ1) is 18.1. The molecule has 5 nitrogen and oxygen atoms in total. The topological polar surface area (TPSA) is 79.4 Å². The van der Waals surface area contributed by atoms with Crippen LogP contribution in [0.4, 0.5) is 13.2 Å². The van der Waals surface area contributed by atoms with Gasteiger partial charge in [-0.1, -0.05) is 11.6 Å². The number of nitrogens with one attached hydrogen (secondary N) is 1. The molecule has 24 heavy (non-hydrogen) atoms. The van der Waals surface area contributed by atoms with Crippen molar-refractivity contribution in [3.8, 4) is 0 Å². The fraction of sp³-hybridized carbons (Fsp3) is 0.333. The first-order valence-electron chi connectivity index (χ1n) is 6.95. The van der Waals surface area contributed by atoms with Crippen LogP contribution in [0.15, 0.2) is 12.1 Å². The van der Waals surface area contributed by atoms with Gasteiger partial charge in [-0.3, -0.25) is 4.79 Å². The van der Waals surface area contributed by atoms with Gasteiger partial charge in [0.15, 0.2) is 0 Å². The van der Waals surface area contributed by atoms with E-state index in [1.807, 2.05) is 0 Å². The lowest BCUT2D eigenvalue weighted by molar-refractivity contribution is -0.138. The molecule has 1 aromatic heterocycles. The Balaban J connectivity index is 2.64. The Morgan fingerprint density at radius 2 is 2.00 bits per heavy atom. The van der Waals surface area contributed by atoms with Crippen molar-refractivity contribution >= 4 is 34.4 Å². The Bertz CT molecular complexity index is 798. The van der Waals surface area contributed by atoms with E-state index in [1.165, 1.54) is 0 Å². The van der Waals surface area contributed by atoms with Crippen LogP contribution < -0.4 is 0 Å². The van der Waals surface area contributed by atoms with E-state index in [9.17, 15) is 22.8 Å². The summed E-state index contributed by atoms with van der Waals surface area (Å²) in [5.74, 6) is -1.86. The highest BCUT2D eigenvalue weighted by Crippen LogP contribution is 2.38. The molecular weight excluding hydrogens is 351 g/mol. The summed E-state index contributed by atoms with van der Waals surface area (Å²) in [6, 6.07) is 1.88. The monoisotopic (exact) mass is 363 g/mol. The number of carboxylic acid groups (broad SMARTS) is 1. The number of aromatic amines is 1. The highest BCUT2D eigenvalue weighted by molar-refractivity contribution is 6.32. The van der Waals surface area contributed by atoms with Gasteiger partial charge < -0.3 is 14.8 Å². The smallest absolute Gasteiger partial charge is 0.417 e. The predicted octanol–water partition coefficient (Wildman–Crippen LogP) is 4.03. The van der Waals surface area contributed by atoms with E-state index in [1.54, 1.807) is 6.92 Å². The molecule has 0 aliphatic rings. The number of benzene rings is 1. The van der Waals surface area contributed by atoms with Gasteiger partial charge in [0.1, 0.15) is 5.69 Å². The molecule has 0 spiro atoms. The van der Waals surface area contributed by atoms with Crippen molar-refractivity contribution in [3.63, 3.8) is 0 Å². The molecule has 0 saturated heterocycles. The quantitative estimate of drug-likeness (QED) is 0.786. The lowest BCUT2D eigenvalue weighted by atomic mass is 10.0. The second-order valence-corrected chi connectivity index (χ2v) is 5.38. The molecule has 0 fully saturated rings. The second kappa shape index (κ2) is 6.72. The number of carbonyl (C=O) groups is 2. The zero-order valence-electron chi connectivity index (χ0n) is 12.5. The number of carbonyl (C=O) groups excluding carboxylic acids is 1. The normalized spacial score (nSPS) is 11.7. The van der Waals surface area contributed by atoms with Crippen molar-refractivity contribution < 1.29 is 32.6 Å². The van der Waals surface area contributed by atoms with Crippen LogP contribution in [-0.2, 0) is 22.1 Å². The third kappa shape index (κ3) is 3.64. The Kier molecular flexibility index (Phi) is 5.08. The average molecular weight is 364 g/mol. The van der Waals surface area contributed by atoms with E-state index in [0.717, 1.165) is 12.1 Å². The number of aliphatic carboxylic acids is 1. The van der Waals surface area contributed by atoms with Crippen LogP contribution in [0.3, 0.4) is 0 Å². The van der Waals surface area contributed by atoms with E-state index < -0.39 is 28.7 Å². The number of ether oxygens (including phenoxy) is 1. The number of halogens is 4. The van der Waals surface area contributed by atoms with Gasteiger partial charge >= 0.3 is 18.1 Å². The van der Waals surface area contributed by atoms with E-state index in [4.69, 9.17) is 21.4 Å². The van der Waals surface area contributed by atoms with Crippen molar-refractivity contribution in [2.24, 2.45) is 0 Å². The minimum atomic E-state index is -4.65. The number of aryl methyl sites for hydroxylation is 1. The van der Waals surface area contributed by atoms with Gasteiger partial charge in [0, 0.05) is 17.3 Å². The standard InChI is InChI=1S/C15H13ClF3NO4/c1-2-24-14(23)13-7(3-4-12(21)22)8-5-10(16)9(15(17,18)19)6-11(8)20-13/h5-6,20H,2-4H2,1H3,(H,21,22). The molecular formula is C15H13ClF3NO4. The maximum absolute atomic E-state index is 12.9. The van der Waals surface area contributed by atoms with Crippen LogP contribution in [0.1, 0.15) is 35.0 Å². The van der Waals surface area contributed by atoms with E-state index >= 15 is 0 Å². The molecule has 0 atom stereocenters. The van der Waals surface area contributed by atoms with Crippen LogP contribution >= 0.6 is 11.6 Å². The first-order chi connectivity index (χ1) is 11.1. The Hall–Kier alpha value is -2.22. The zero-order valence-corrected chi connectivity index (χ0v) is 13.2. The number of rotatable bonds is 5. The fourth-order valence-electron chi connectivity index (χ4n) is 2.36. The number of carboxylic acids is 1. The average Bonchev–Trinajstić information content (AvgIpc) is 2.81. The third-order valence-corrected chi connectivity index (χ3v) is 3.68. The van der Waals surface area contributed by atoms with Crippen LogP contribution in [0, 0.1) is 0 Å². The van der Waals surface area contributed by atoms with Crippen molar-refractivity contribution in [2.45, 2.75) is 25.9 Å². The van der Waals surface area contributed by atoms with Crippen molar-refractivity contribution in [1.82, 2.24) is 4.98 Å². The molecule has 0 radical (unpaired) electrons. The second-order valence-electron chi connectivity index (χ2n) is 4.97. The van der Waals surface area contributed by atoms with Gasteiger partial charge in [0.25, 0.3) is 0 Å². The van der Waals surface area contributed by atoms with E-state index in [-0.39, 0.29) is 41.6 Å². The summed E-state index contributed by atoms with van der Waals surface area (Å²) in [5.41, 5.74) is -0.807. The Morgan fingerprint density at radius 3 is 2.54 bits per heavy atom. The lowest BCUT2D eigenvalue weighted by Crippen LogP contribution is -2.09. The van der Waals surface area contributed by atoms with E-state index in [2.05, 4.69) is 4.98 Å². The molecule has 1 heterocycles. The number of H-pyrrole nitrogens is 1. The summed E-state index contributed by atoms with van der Waals surface area (Å²) in [7, 11) is 0. The Labute approximate surface area is 139 Å². The number of alkyl halides is 3. The maximum atomic E-state index is 12.9. The molecule has 0 unspecified atom stereocenters. The van der Waals surface area contributed by atoms with Gasteiger partial charge in [-0.25, -0.2) is 4.79 Å². The predicted molar refractivity (Wildman–Crippen MR) is 80.2 cm³/mol. The Morgan fingerprint density at radius 1 is 1.33 bits per heavy atom. The molecule has 0 saturated carbocycles. The molecule has 2 aromatic rings. The van der Waals surface area contributed by atoms with Gasteiger partial charge in [-0.2, -0.15) is 13.2 Å². The highest BCUT2D eigenvalue weighted by Gasteiger charge is 2.34. The number of aromatic nitrogens is 1. The zero-order chi connectivity index (χ0) is 18.1. The number of hydrogen-bond donors (Lipinski definition) is 2. The van der Waals surface area contributed by atoms with Crippen molar-refractivity contribution in [2.75, 3.05) is 6.61 Å². The molecule has 2 N–H and O–H groups in total. The molecule has 0 amide bonds. The lowest BCUT2D eigenvalue weighted by Gasteiger charge is -2.09. The van der Waals surface area contributed by atoms with Crippen molar-refractivity contribution in [3.05, 3.63) is 34.0 Å². The van der Waals surface area contributed by atoms with Crippen LogP contribution in [0.25, 0.3) is 10.9 Å². The summed E-state index contributed by atoms with van der Waals surface area (Å²) < 4.78 is 43.7. The SMILES string of the molecule is CCOC(=O)c1[nH]c2cc(C(F)(F)F)c(Cl)cc2c1CCC(=O)O. The molecule has 9 heteroatoms. The largest absolute Gasteiger partial charge is 0.481 e. The summed E-state index contributed by atoms with van der Waals surface area (Å²) in [6.45, 7) is 1.65. The number of fused-ring (bicyclic) bond motifs is 1. The number of hydrogen-bond acceptors (Lipinski definition) is 3. The van der Waals surface area contributed by atoms with Crippen LogP contribution in [-0.4, -0.2) is 28.6 Å². The first-order valence-corrected chi connectivity index (χ1v) is 7.33. The van der Waals surface area contributed by atoms with Crippen LogP contribution in [0.5, 0.6) is 0 Å². The molecule has 0 aliphatic heterocycles.